The lowest BCUT2D eigenvalue weighted by Gasteiger charge is -2.13. The van der Waals surface area contributed by atoms with E-state index in [0.717, 1.165) is 0 Å². The molecule has 0 radical (unpaired) electrons. The SMILES string of the molecule is CC(=O)c1cc(N)c(OCCOc2ccccc2N)cc1C(C)=O. The van der Waals surface area contributed by atoms with Gasteiger partial charge in [-0.1, -0.05) is 12.1 Å². The number of Topliss-reactive ketones (excluding diaryl/α,β-unsaturated/α-hetero) is 2. The van der Waals surface area contributed by atoms with Crippen LogP contribution in [-0.4, -0.2) is 24.8 Å². The lowest BCUT2D eigenvalue weighted by atomic mass is 10.00. The van der Waals surface area contributed by atoms with Crippen LogP contribution < -0.4 is 20.9 Å². The molecule has 0 spiro atoms. The van der Waals surface area contributed by atoms with Crippen LogP contribution in [0.1, 0.15) is 34.6 Å². The second-order valence-corrected chi connectivity index (χ2v) is 5.28. The largest absolute Gasteiger partial charge is 0.488 e. The maximum absolute atomic E-state index is 11.7. The number of rotatable bonds is 7. The molecule has 2 aromatic carbocycles. The summed E-state index contributed by atoms with van der Waals surface area (Å²) in [5.74, 6) is 0.472. The molecule has 0 saturated heterocycles. The first kappa shape index (κ1) is 17.3. The van der Waals surface area contributed by atoms with Crippen molar-refractivity contribution in [3.8, 4) is 11.5 Å². The molecule has 0 saturated carbocycles. The van der Waals surface area contributed by atoms with E-state index in [-0.39, 0.29) is 24.8 Å². The molecule has 0 unspecified atom stereocenters. The van der Waals surface area contributed by atoms with Crippen molar-refractivity contribution in [2.24, 2.45) is 0 Å². The molecule has 0 fully saturated rings. The molecule has 2 rings (SSSR count). The highest BCUT2D eigenvalue weighted by molar-refractivity contribution is 6.08. The van der Waals surface area contributed by atoms with Crippen LogP contribution in [0.25, 0.3) is 0 Å². The van der Waals surface area contributed by atoms with E-state index in [2.05, 4.69) is 0 Å². The minimum absolute atomic E-state index is 0.218. The minimum atomic E-state index is -0.224. The van der Waals surface area contributed by atoms with Crippen molar-refractivity contribution >= 4 is 22.9 Å². The number of hydrogen-bond acceptors (Lipinski definition) is 6. The lowest BCUT2D eigenvalue weighted by molar-refractivity contribution is 0.0980. The number of ether oxygens (including phenoxy) is 2. The van der Waals surface area contributed by atoms with E-state index in [1.807, 2.05) is 12.1 Å². The number of ketones is 2. The maximum atomic E-state index is 11.7. The molecule has 0 amide bonds. The van der Waals surface area contributed by atoms with Gasteiger partial charge in [0, 0.05) is 11.1 Å². The summed E-state index contributed by atoms with van der Waals surface area (Å²) < 4.78 is 11.1. The van der Waals surface area contributed by atoms with Crippen LogP contribution in [-0.2, 0) is 0 Å². The van der Waals surface area contributed by atoms with Gasteiger partial charge in [-0.2, -0.15) is 0 Å². The molecular formula is C18H20N2O4. The first-order chi connectivity index (χ1) is 11.4. The van der Waals surface area contributed by atoms with Gasteiger partial charge in [0.25, 0.3) is 0 Å². The van der Waals surface area contributed by atoms with Crippen molar-refractivity contribution in [2.45, 2.75) is 13.8 Å². The Morgan fingerprint density at radius 3 is 1.96 bits per heavy atom. The van der Waals surface area contributed by atoms with Crippen LogP contribution in [0.3, 0.4) is 0 Å². The van der Waals surface area contributed by atoms with Crippen molar-refractivity contribution in [2.75, 3.05) is 24.7 Å². The van der Waals surface area contributed by atoms with Crippen LogP contribution in [0.4, 0.5) is 11.4 Å². The molecule has 24 heavy (non-hydrogen) atoms. The molecule has 0 bridgehead atoms. The highest BCUT2D eigenvalue weighted by Crippen LogP contribution is 2.27. The Kier molecular flexibility index (Phi) is 5.42. The number of benzene rings is 2. The predicted octanol–water partition coefficient (Wildman–Crippen LogP) is 2.71. The number of anilines is 2. The molecule has 6 heteroatoms. The monoisotopic (exact) mass is 328 g/mol. The van der Waals surface area contributed by atoms with E-state index < -0.39 is 0 Å². The fourth-order valence-corrected chi connectivity index (χ4v) is 2.22. The van der Waals surface area contributed by atoms with E-state index >= 15 is 0 Å². The summed E-state index contributed by atoms with van der Waals surface area (Å²) in [6, 6.07) is 10.1. The molecule has 0 aliphatic rings. The zero-order valence-electron chi connectivity index (χ0n) is 13.7. The highest BCUT2D eigenvalue weighted by atomic mass is 16.5. The van der Waals surface area contributed by atoms with E-state index in [4.69, 9.17) is 20.9 Å². The maximum Gasteiger partial charge on any atom is 0.160 e. The van der Waals surface area contributed by atoms with E-state index in [9.17, 15) is 9.59 Å². The Balaban J connectivity index is 2.05. The van der Waals surface area contributed by atoms with Crippen molar-refractivity contribution in [1.82, 2.24) is 0 Å². The number of carbonyl (C=O) groups is 2. The molecule has 0 aromatic heterocycles. The Labute approximate surface area is 140 Å². The smallest absolute Gasteiger partial charge is 0.160 e. The zero-order valence-corrected chi connectivity index (χ0v) is 13.7. The average molecular weight is 328 g/mol. The van der Waals surface area contributed by atoms with Crippen LogP contribution in [0.2, 0.25) is 0 Å². The normalized spacial score (nSPS) is 10.2. The van der Waals surface area contributed by atoms with E-state index in [0.29, 0.717) is 34.0 Å². The first-order valence-electron chi connectivity index (χ1n) is 7.45. The number of para-hydroxylation sites is 2. The summed E-state index contributed by atoms with van der Waals surface area (Å²) in [6.45, 7) is 3.26. The Hall–Kier alpha value is -3.02. The number of carbonyl (C=O) groups excluding carboxylic acids is 2. The minimum Gasteiger partial charge on any atom is -0.488 e. The van der Waals surface area contributed by atoms with Crippen molar-refractivity contribution < 1.29 is 19.1 Å². The Bertz CT molecular complexity index is 772. The molecule has 0 heterocycles. The third kappa shape index (κ3) is 4.04. The fourth-order valence-electron chi connectivity index (χ4n) is 2.22. The average Bonchev–Trinajstić information content (AvgIpc) is 2.53. The van der Waals surface area contributed by atoms with Gasteiger partial charge in [-0.05, 0) is 38.1 Å². The second-order valence-electron chi connectivity index (χ2n) is 5.28. The quantitative estimate of drug-likeness (QED) is 0.460. The van der Waals surface area contributed by atoms with Crippen LogP contribution in [0.5, 0.6) is 11.5 Å². The fraction of sp³-hybridized carbons (Fsp3) is 0.222. The molecule has 4 N–H and O–H groups in total. The van der Waals surface area contributed by atoms with Gasteiger partial charge in [0.1, 0.15) is 24.7 Å². The standard InChI is InChI=1S/C18H20N2O4/c1-11(21)13-9-16(20)18(10-14(13)12(2)22)24-8-7-23-17-6-4-3-5-15(17)19/h3-6,9-10H,7-8,19-20H2,1-2H3. The van der Waals surface area contributed by atoms with Crippen LogP contribution in [0.15, 0.2) is 36.4 Å². The third-order valence-corrected chi connectivity index (χ3v) is 3.43. The van der Waals surface area contributed by atoms with Crippen molar-refractivity contribution in [1.29, 1.82) is 0 Å². The van der Waals surface area contributed by atoms with Crippen LogP contribution >= 0.6 is 0 Å². The van der Waals surface area contributed by atoms with Gasteiger partial charge < -0.3 is 20.9 Å². The number of nitrogen functional groups attached to an aromatic ring is 2. The van der Waals surface area contributed by atoms with Crippen LogP contribution in [0, 0.1) is 0 Å². The summed E-state index contributed by atoms with van der Waals surface area (Å²) >= 11 is 0. The summed E-state index contributed by atoms with van der Waals surface area (Å²) in [5.41, 5.74) is 13.1. The van der Waals surface area contributed by atoms with Gasteiger partial charge in [0.05, 0.1) is 11.4 Å². The first-order valence-corrected chi connectivity index (χ1v) is 7.45. The summed E-state index contributed by atoms with van der Waals surface area (Å²) in [5, 5.41) is 0. The van der Waals surface area contributed by atoms with Crippen molar-refractivity contribution in [3.05, 3.63) is 47.5 Å². The van der Waals surface area contributed by atoms with Gasteiger partial charge in [0.15, 0.2) is 11.6 Å². The van der Waals surface area contributed by atoms with Gasteiger partial charge in [-0.3, -0.25) is 9.59 Å². The number of hydrogen-bond donors (Lipinski definition) is 2. The summed E-state index contributed by atoms with van der Waals surface area (Å²) in [7, 11) is 0. The molecule has 0 aliphatic carbocycles. The summed E-state index contributed by atoms with van der Waals surface area (Å²) in [4.78, 5) is 23.3. The highest BCUT2D eigenvalue weighted by Gasteiger charge is 2.15. The van der Waals surface area contributed by atoms with Gasteiger partial charge >= 0.3 is 0 Å². The molecule has 0 aliphatic heterocycles. The molecule has 126 valence electrons. The van der Waals surface area contributed by atoms with Gasteiger partial charge in [0.2, 0.25) is 0 Å². The third-order valence-electron chi connectivity index (χ3n) is 3.43. The van der Waals surface area contributed by atoms with E-state index in [1.165, 1.54) is 26.0 Å². The van der Waals surface area contributed by atoms with Gasteiger partial charge in [-0.25, -0.2) is 0 Å². The molecular weight excluding hydrogens is 308 g/mol. The Morgan fingerprint density at radius 2 is 1.38 bits per heavy atom. The lowest BCUT2D eigenvalue weighted by Crippen LogP contribution is -2.12. The molecule has 0 atom stereocenters. The molecule has 6 nitrogen and oxygen atoms in total. The van der Waals surface area contributed by atoms with Crippen molar-refractivity contribution in [3.63, 3.8) is 0 Å². The second kappa shape index (κ2) is 7.50. The topological polar surface area (TPSA) is 105 Å². The van der Waals surface area contributed by atoms with E-state index in [1.54, 1.807) is 12.1 Å². The summed E-state index contributed by atoms with van der Waals surface area (Å²) in [6.07, 6.45) is 0. The zero-order chi connectivity index (χ0) is 17.7. The number of nitrogens with two attached hydrogens (primary N) is 2. The predicted molar refractivity (Wildman–Crippen MR) is 92.7 cm³/mol. The van der Waals surface area contributed by atoms with Gasteiger partial charge in [-0.15, -0.1) is 0 Å². The molecule has 2 aromatic rings. The Morgan fingerprint density at radius 1 is 0.833 bits per heavy atom.